The summed E-state index contributed by atoms with van der Waals surface area (Å²) >= 11 is 5.93. The number of carbonyl (C=O) groups excluding carboxylic acids is 1. The Morgan fingerprint density at radius 2 is 1.85 bits per heavy atom. The number of carbonyl (C=O) groups is 1. The minimum absolute atomic E-state index is 0.0443. The molecule has 4 aromatic rings. The van der Waals surface area contributed by atoms with Gasteiger partial charge in [-0.05, 0) is 55.3 Å². The number of rotatable bonds is 7. The van der Waals surface area contributed by atoms with Gasteiger partial charge in [0.1, 0.15) is 23.9 Å². The van der Waals surface area contributed by atoms with E-state index in [1.165, 1.54) is 6.07 Å². The summed E-state index contributed by atoms with van der Waals surface area (Å²) in [5.41, 5.74) is 2.40. The van der Waals surface area contributed by atoms with Crippen molar-refractivity contribution in [1.82, 2.24) is 9.38 Å². The molecule has 0 radical (unpaired) electrons. The number of pyridine rings is 1. The van der Waals surface area contributed by atoms with E-state index in [0.29, 0.717) is 33.4 Å². The number of aromatic nitrogens is 2. The summed E-state index contributed by atoms with van der Waals surface area (Å²) in [7, 11) is 0. The Bertz CT molecular complexity index is 1400. The van der Waals surface area contributed by atoms with Crippen molar-refractivity contribution in [3.8, 4) is 11.8 Å². The average molecular weight is 480 g/mol. The minimum atomic E-state index is -0.705. The van der Waals surface area contributed by atoms with E-state index in [1.807, 2.05) is 6.92 Å². The van der Waals surface area contributed by atoms with Crippen LogP contribution in [0.4, 0.5) is 8.78 Å². The van der Waals surface area contributed by atoms with Gasteiger partial charge >= 0.3 is 0 Å². The Morgan fingerprint density at radius 1 is 1.18 bits per heavy atom. The molecule has 2 aromatic heterocycles. The van der Waals surface area contributed by atoms with Crippen LogP contribution < -0.4 is 4.74 Å². The lowest BCUT2D eigenvalue weighted by molar-refractivity contribution is 0.0972. The molecular formula is C26H20ClF2N3O2. The van der Waals surface area contributed by atoms with Crippen LogP contribution in [-0.4, -0.2) is 15.2 Å². The van der Waals surface area contributed by atoms with Crippen molar-refractivity contribution < 1.29 is 18.3 Å². The zero-order valence-corrected chi connectivity index (χ0v) is 19.2. The van der Waals surface area contributed by atoms with Crippen molar-refractivity contribution >= 4 is 23.0 Å². The van der Waals surface area contributed by atoms with E-state index in [0.717, 1.165) is 17.7 Å². The van der Waals surface area contributed by atoms with Gasteiger partial charge in [0.2, 0.25) is 0 Å². The molecule has 0 bridgehead atoms. The van der Waals surface area contributed by atoms with Crippen LogP contribution in [0.1, 0.15) is 45.2 Å². The summed E-state index contributed by atoms with van der Waals surface area (Å²) in [6.07, 6.45) is 1.69. The second kappa shape index (κ2) is 9.62. The number of Topliss-reactive ketones (excluding diaryl/α,β-unsaturated/α-hetero) is 1. The quantitative estimate of drug-likeness (QED) is 0.290. The molecule has 4 rings (SSSR count). The van der Waals surface area contributed by atoms with Crippen molar-refractivity contribution in [3.05, 3.63) is 99.5 Å². The first kappa shape index (κ1) is 23.4. The van der Waals surface area contributed by atoms with Crippen LogP contribution in [0.5, 0.6) is 5.75 Å². The average Bonchev–Trinajstić information content (AvgIpc) is 3.13. The number of nitrogens with zero attached hydrogens (tertiary/aromatic N) is 3. The largest absolute Gasteiger partial charge is 0.485 e. The van der Waals surface area contributed by atoms with Gasteiger partial charge in [-0.15, -0.1) is 0 Å². The maximum absolute atomic E-state index is 14.0. The number of benzene rings is 2. The highest BCUT2D eigenvalue weighted by Crippen LogP contribution is 2.28. The molecule has 1 atom stereocenters. The molecular weight excluding hydrogens is 460 g/mol. The van der Waals surface area contributed by atoms with Crippen LogP contribution >= 0.6 is 11.6 Å². The van der Waals surface area contributed by atoms with E-state index in [2.05, 4.69) is 11.1 Å². The van der Waals surface area contributed by atoms with E-state index in [-0.39, 0.29) is 24.4 Å². The molecule has 0 aliphatic carbocycles. The molecule has 0 spiro atoms. The van der Waals surface area contributed by atoms with Crippen molar-refractivity contribution in [2.75, 3.05) is 0 Å². The summed E-state index contributed by atoms with van der Waals surface area (Å²) in [6, 6.07) is 14.3. The maximum Gasteiger partial charge on any atom is 0.183 e. The van der Waals surface area contributed by atoms with Crippen LogP contribution in [0.2, 0.25) is 5.02 Å². The zero-order chi connectivity index (χ0) is 24.4. The number of hydrogen-bond donors (Lipinski definition) is 0. The van der Waals surface area contributed by atoms with Gasteiger partial charge < -0.3 is 4.74 Å². The Hall–Kier alpha value is -3.76. The summed E-state index contributed by atoms with van der Waals surface area (Å²) in [4.78, 5) is 17.7. The first-order valence-electron chi connectivity index (χ1n) is 10.5. The Morgan fingerprint density at radius 3 is 2.50 bits per heavy atom. The number of ketones is 1. The van der Waals surface area contributed by atoms with Gasteiger partial charge in [-0.1, -0.05) is 29.8 Å². The Labute approximate surface area is 200 Å². The van der Waals surface area contributed by atoms with Crippen molar-refractivity contribution in [2.45, 2.75) is 32.8 Å². The molecule has 172 valence electrons. The smallest absolute Gasteiger partial charge is 0.183 e. The van der Waals surface area contributed by atoms with E-state index in [4.69, 9.17) is 16.3 Å². The molecule has 0 N–H and O–H groups in total. The van der Waals surface area contributed by atoms with Crippen LogP contribution in [0.25, 0.3) is 5.65 Å². The van der Waals surface area contributed by atoms with Gasteiger partial charge in [0.05, 0.1) is 23.2 Å². The van der Waals surface area contributed by atoms with Gasteiger partial charge in [-0.3, -0.25) is 9.20 Å². The van der Waals surface area contributed by atoms with E-state index in [9.17, 15) is 18.8 Å². The summed E-state index contributed by atoms with van der Waals surface area (Å²) in [5.74, 6) is -2.03. The number of nitriles is 1. The summed E-state index contributed by atoms with van der Waals surface area (Å²) < 4.78 is 35.4. The standard InChI is InChI=1S/C26H20ClF2N3O2/c1-15-10-24(34-14-20-21(28)4-3-5-22(20)29)26-31-16(2)25(32(26)13-15)23(33)11-18(12-30)17-6-8-19(27)9-7-17/h3-10,13,18H,11,14H2,1-2H3. The molecule has 0 amide bonds. The molecule has 0 aliphatic rings. The van der Waals surface area contributed by atoms with Gasteiger partial charge in [-0.2, -0.15) is 5.26 Å². The third kappa shape index (κ3) is 4.63. The van der Waals surface area contributed by atoms with Crippen molar-refractivity contribution in [2.24, 2.45) is 0 Å². The van der Waals surface area contributed by atoms with Crippen LogP contribution in [0.3, 0.4) is 0 Å². The summed E-state index contributed by atoms with van der Waals surface area (Å²) in [6.45, 7) is 3.17. The second-order valence-corrected chi connectivity index (χ2v) is 8.41. The lowest BCUT2D eigenvalue weighted by atomic mass is 9.94. The highest BCUT2D eigenvalue weighted by Gasteiger charge is 2.24. The Balaban J connectivity index is 1.66. The van der Waals surface area contributed by atoms with Gasteiger partial charge in [-0.25, -0.2) is 13.8 Å². The SMILES string of the molecule is Cc1cc(OCc2c(F)cccc2F)c2nc(C)c(C(=O)CC(C#N)c3ccc(Cl)cc3)n2c1. The summed E-state index contributed by atoms with van der Waals surface area (Å²) in [5, 5.41) is 10.2. The fourth-order valence-electron chi connectivity index (χ4n) is 3.84. The number of fused-ring (bicyclic) bond motifs is 1. The third-order valence-corrected chi connectivity index (χ3v) is 5.76. The zero-order valence-electron chi connectivity index (χ0n) is 18.5. The first-order valence-corrected chi connectivity index (χ1v) is 10.9. The maximum atomic E-state index is 14.0. The highest BCUT2D eigenvalue weighted by molar-refractivity contribution is 6.30. The van der Waals surface area contributed by atoms with Gasteiger partial charge in [0.15, 0.2) is 17.2 Å². The number of ether oxygens (including phenoxy) is 1. The predicted molar refractivity (Wildman–Crippen MR) is 124 cm³/mol. The molecule has 1 unspecified atom stereocenters. The van der Waals surface area contributed by atoms with Crippen LogP contribution in [0, 0.1) is 36.8 Å². The number of halogens is 3. The molecule has 34 heavy (non-hydrogen) atoms. The fourth-order valence-corrected chi connectivity index (χ4v) is 3.96. The van der Waals surface area contributed by atoms with Crippen LogP contribution in [-0.2, 0) is 6.61 Å². The number of hydrogen-bond acceptors (Lipinski definition) is 4. The molecule has 0 fully saturated rings. The normalized spacial score (nSPS) is 11.9. The molecule has 0 saturated heterocycles. The first-order chi connectivity index (χ1) is 16.3. The lowest BCUT2D eigenvalue weighted by Gasteiger charge is -2.12. The molecule has 0 aliphatic heterocycles. The van der Waals surface area contributed by atoms with E-state index < -0.39 is 17.6 Å². The Kier molecular flexibility index (Phi) is 6.62. The molecule has 0 saturated carbocycles. The minimum Gasteiger partial charge on any atom is -0.485 e. The third-order valence-electron chi connectivity index (χ3n) is 5.51. The second-order valence-electron chi connectivity index (χ2n) is 7.97. The lowest BCUT2D eigenvalue weighted by Crippen LogP contribution is -2.11. The van der Waals surface area contributed by atoms with E-state index >= 15 is 0 Å². The highest BCUT2D eigenvalue weighted by atomic mass is 35.5. The molecule has 2 aromatic carbocycles. The predicted octanol–water partition coefficient (Wildman–Crippen LogP) is 6.34. The molecule has 8 heteroatoms. The number of imidazole rings is 1. The molecule has 5 nitrogen and oxygen atoms in total. The molecule has 2 heterocycles. The van der Waals surface area contributed by atoms with Crippen molar-refractivity contribution in [1.29, 1.82) is 5.26 Å². The van der Waals surface area contributed by atoms with E-state index in [1.54, 1.807) is 47.9 Å². The van der Waals surface area contributed by atoms with Crippen LogP contribution in [0.15, 0.2) is 54.7 Å². The van der Waals surface area contributed by atoms with Gasteiger partial charge in [0, 0.05) is 17.6 Å². The van der Waals surface area contributed by atoms with Gasteiger partial charge in [0.25, 0.3) is 0 Å². The monoisotopic (exact) mass is 479 g/mol. The fraction of sp³-hybridized carbons (Fsp3) is 0.192. The number of aryl methyl sites for hydroxylation is 2. The topological polar surface area (TPSA) is 67.4 Å². The van der Waals surface area contributed by atoms with Crippen molar-refractivity contribution in [3.63, 3.8) is 0 Å².